The van der Waals surface area contributed by atoms with E-state index in [1.165, 1.54) is 12.3 Å². The fourth-order valence-electron chi connectivity index (χ4n) is 2.50. The Balaban J connectivity index is 2.15. The Labute approximate surface area is 112 Å². The van der Waals surface area contributed by atoms with E-state index in [9.17, 15) is 8.42 Å². The normalized spacial score (nSPS) is 19.2. The first-order valence-corrected chi connectivity index (χ1v) is 7.84. The first kappa shape index (κ1) is 14.0. The smallest absolute Gasteiger partial charge is 0.258 e. The summed E-state index contributed by atoms with van der Waals surface area (Å²) >= 11 is 0. The van der Waals surface area contributed by atoms with Gasteiger partial charge in [-0.25, -0.2) is 8.42 Å². The largest absolute Gasteiger partial charge is 0.386 e. The number of nitrogens with zero attached hydrogens (tertiary/aromatic N) is 1. The number of sulfonamides is 1. The van der Waals surface area contributed by atoms with Crippen molar-refractivity contribution in [2.75, 3.05) is 0 Å². The quantitative estimate of drug-likeness (QED) is 0.466. The molecule has 1 saturated carbocycles. The highest BCUT2D eigenvalue weighted by molar-refractivity contribution is 7.89. The van der Waals surface area contributed by atoms with Crippen LogP contribution in [0.1, 0.15) is 32.1 Å². The second kappa shape index (κ2) is 5.70. The maximum absolute atomic E-state index is 12.1. The van der Waals surface area contributed by atoms with Crippen LogP contribution in [0.15, 0.2) is 17.3 Å². The SMILES string of the molecule is N=C(N)C(NS(=O)(=O)c1ccn[nH]1)C1CCCCC1. The molecule has 0 radical (unpaired) electrons. The van der Waals surface area contributed by atoms with Gasteiger partial charge in [0.1, 0.15) is 5.84 Å². The van der Waals surface area contributed by atoms with Crippen molar-refractivity contribution in [1.82, 2.24) is 14.9 Å². The van der Waals surface area contributed by atoms with Crippen LogP contribution in [0.3, 0.4) is 0 Å². The Kier molecular flexibility index (Phi) is 4.20. The lowest BCUT2D eigenvalue weighted by Crippen LogP contribution is -2.49. The Bertz CT molecular complexity index is 519. The zero-order valence-corrected chi connectivity index (χ0v) is 11.4. The summed E-state index contributed by atoms with van der Waals surface area (Å²) in [7, 11) is -3.70. The molecular weight excluding hydrogens is 266 g/mol. The van der Waals surface area contributed by atoms with Gasteiger partial charge in [-0.2, -0.15) is 9.82 Å². The van der Waals surface area contributed by atoms with E-state index < -0.39 is 16.1 Å². The van der Waals surface area contributed by atoms with E-state index in [1.54, 1.807) is 0 Å². The van der Waals surface area contributed by atoms with Crippen LogP contribution in [0.5, 0.6) is 0 Å². The van der Waals surface area contributed by atoms with Gasteiger partial charge in [0.2, 0.25) is 0 Å². The zero-order chi connectivity index (χ0) is 13.9. The number of nitrogens with two attached hydrogens (primary N) is 1. The number of rotatable bonds is 5. The minimum Gasteiger partial charge on any atom is -0.386 e. The molecule has 0 spiro atoms. The van der Waals surface area contributed by atoms with Gasteiger partial charge in [0.05, 0.1) is 12.2 Å². The number of amidine groups is 1. The third-order valence-corrected chi connectivity index (χ3v) is 4.87. The van der Waals surface area contributed by atoms with Crippen LogP contribution in [0.2, 0.25) is 0 Å². The molecule has 8 heteroatoms. The molecule has 7 nitrogen and oxygen atoms in total. The summed E-state index contributed by atoms with van der Waals surface area (Å²) in [5, 5.41) is 13.7. The summed E-state index contributed by atoms with van der Waals surface area (Å²) in [6.45, 7) is 0. The first-order valence-electron chi connectivity index (χ1n) is 6.36. The highest BCUT2D eigenvalue weighted by atomic mass is 32.2. The van der Waals surface area contributed by atoms with Crippen LogP contribution in [-0.2, 0) is 10.0 Å². The first-order chi connectivity index (χ1) is 9.00. The van der Waals surface area contributed by atoms with Gasteiger partial charge >= 0.3 is 0 Å². The van der Waals surface area contributed by atoms with Gasteiger partial charge in [-0.15, -0.1) is 0 Å². The van der Waals surface area contributed by atoms with Crippen molar-refractivity contribution in [2.45, 2.75) is 43.2 Å². The fourth-order valence-corrected chi connectivity index (χ4v) is 3.70. The average molecular weight is 285 g/mol. The van der Waals surface area contributed by atoms with Crippen molar-refractivity contribution in [2.24, 2.45) is 11.7 Å². The molecule has 1 unspecified atom stereocenters. The molecule has 0 aliphatic heterocycles. The summed E-state index contributed by atoms with van der Waals surface area (Å²) in [5.74, 6) is -0.0288. The van der Waals surface area contributed by atoms with Gasteiger partial charge in [-0.1, -0.05) is 19.3 Å². The van der Waals surface area contributed by atoms with E-state index in [1.807, 2.05) is 0 Å². The molecule has 1 aliphatic rings. The van der Waals surface area contributed by atoms with Crippen molar-refractivity contribution < 1.29 is 8.42 Å². The summed E-state index contributed by atoms with van der Waals surface area (Å²) < 4.78 is 26.7. The summed E-state index contributed by atoms with van der Waals surface area (Å²) in [6.07, 6.45) is 6.44. The molecule has 1 aromatic rings. The average Bonchev–Trinajstić information content (AvgIpc) is 2.91. The molecule has 5 N–H and O–H groups in total. The van der Waals surface area contributed by atoms with E-state index in [0.717, 1.165) is 32.1 Å². The van der Waals surface area contributed by atoms with Crippen LogP contribution in [0.4, 0.5) is 0 Å². The van der Waals surface area contributed by atoms with Crippen molar-refractivity contribution in [3.63, 3.8) is 0 Å². The number of aromatic amines is 1. The molecule has 0 bridgehead atoms. The van der Waals surface area contributed by atoms with Gasteiger partial charge < -0.3 is 5.73 Å². The van der Waals surface area contributed by atoms with Crippen molar-refractivity contribution in [3.8, 4) is 0 Å². The number of hydrogen-bond acceptors (Lipinski definition) is 4. The van der Waals surface area contributed by atoms with E-state index in [2.05, 4.69) is 14.9 Å². The predicted molar refractivity (Wildman–Crippen MR) is 71.2 cm³/mol. The molecule has 19 heavy (non-hydrogen) atoms. The minimum atomic E-state index is -3.70. The number of hydrogen-bond donors (Lipinski definition) is 4. The maximum Gasteiger partial charge on any atom is 0.258 e. The van der Waals surface area contributed by atoms with Crippen LogP contribution >= 0.6 is 0 Å². The van der Waals surface area contributed by atoms with Gasteiger partial charge in [0.25, 0.3) is 10.0 Å². The lowest BCUT2D eigenvalue weighted by Gasteiger charge is -2.29. The molecular formula is C11H19N5O2S. The minimum absolute atomic E-state index is 0.00504. The Morgan fingerprint density at radius 1 is 1.47 bits per heavy atom. The lowest BCUT2D eigenvalue weighted by molar-refractivity contribution is 0.328. The molecule has 1 atom stereocenters. The number of H-pyrrole nitrogens is 1. The topological polar surface area (TPSA) is 125 Å². The van der Waals surface area contributed by atoms with Crippen LogP contribution < -0.4 is 10.5 Å². The summed E-state index contributed by atoms with van der Waals surface area (Å²) in [6, 6.07) is 0.744. The third kappa shape index (κ3) is 3.32. The molecule has 106 valence electrons. The van der Waals surface area contributed by atoms with Gasteiger partial charge in [0, 0.05) is 0 Å². The molecule has 1 aromatic heterocycles. The van der Waals surface area contributed by atoms with Crippen LogP contribution in [-0.4, -0.2) is 30.5 Å². The van der Waals surface area contributed by atoms with Gasteiger partial charge in [-0.05, 0) is 24.8 Å². The summed E-state index contributed by atoms with van der Waals surface area (Å²) in [5.41, 5.74) is 5.56. The standard InChI is InChI=1S/C11H19N5O2S/c12-11(13)10(8-4-2-1-3-5-8)16-19(17,18)9-6-7-14-15-9/h6-8,10,16H,1-5H2,(H3,12,13)(H,14,15). The number of nitrogens with one attached hydrogen (secondary N) is 3. The lowest BCUT2D eigenvalue weighted by atomic mass is 9.84. The van der Waals surface area contributed by atoms with Gasteiger partial charge in [0.15, 0.2) is 5.03 Å². The monoisotopic (exact) mass is 285 g/mol. The van der Waals surface area contributed by atoms with E-state index >= 15 is 0 Å². The second-order valence-corrected chi connectivity index (χ2v) is 6.56. The summed E-state index contributed by atoms with van der Waals surface area (Å²) in [4.78, 5) is 0. The molecule has 1 aliphatic carbocycles. The maximum atomic E-state index is 12.1. The highest BCUT2D eigenvalue weighted by Crippen LogP contribution is 2.27. The molecule has 0 amide bonds. The third-order valence-electron chi connectivity index (χ3n) is 3.50. The van der Waals surface area contributed by atoms with Crippen LogP contribution in [0.25, 0.3) is 0 Å². The second-order valence-electron chi connectivity index (χ2n) is 4.87. The van der Waals surface area contributed by atoms with Crippen molar-refractivity contribution >= 4 is 15.9 Å². The van der Waals surface area contributed by atoms with Crippen molar-refractivity contribution in [1.29, 1.82) is 5.41 Å². The molecule has 1 fully saturated rings. The van der Waals surface area contributed by atoms with Crippen LogP contribution in [0, 0.1) is 11.3 Å². The van der Waals surface area contributed by atoms with Gasteiger partial charge in [-0.3, -0.25) is 10.5 Å². The van der Waals surface area contributed by atoms with E-state index in [0.29, 0.717) is 0 Å². The predicted octanol–water partition coefficient (Wildman–Crippen LogP) is 0.573. The zero-order valence-electron chi connectivity index (χ0n) is 10.6. The van der Waals surface area contributed by atoms with E-state index in [4.69, 9.17) is 11.1 Å². The fraction of sp³-hybridized carbons (Fsp3) is 0.636. The van der Waals surface area contributed by atoms with Crippen molar-refractivity contribution in [3.05, 3.63) is 12.3 Å². The Morgan fingerprint density at radius 2 is 2.16 bits per heavy atom. The Morgan fingerprint density at radius 3 is 2.68 bits per heavy atom. The number of aromatic nitrogens is 2. The molecule has 1 heterocycles. The van der Waals surface area contributed by atoms with E-state index in [-0.39, 0.29) is 16.8 Å². The highest BCUT2D eigenvalue weighted by Gasteiger charge is 2.30. The Hall–Kier alpha value is -1.41. The molecule has 0 aromatic carbocycles. The molecule has 2 rings (SSSR count). The molecule has 0 saturated heterocycles.